The van der Waals surface area contributed by atoms with Gasteiger partial charge in [0.25, 0.3) is 0 Å². The minimum atomic E-state index is -2.94. The number of nitrogens with zero attached hydrogens (tertiary/aromatic N) is 2. The Labute approximate surface area is 105 Å². The average molecular weight is 277 g/mol. The number of ether oxygens (including phenoxy) is 1. The zero-order chi connectivity index (χ0) is 12.9. The summed E-state index contributed by atoms with van der Waals surface area (Å²) in [5.74, 6) is 1.41. The number of thioether (sulfide) groups is 1. The second-order valence-electron chi connectivity index (χ2n) is 3.46. The molecular weight excluding hydrogens is 262 g/mol. The highest BCUT2D eigenvalue weighted by Crippen LogP contribution is 2.17. The van der Waals surface area contributed by atoms with E-state index in [9.17, 15) is 8.42 Å². The summed E-state index contributed by atoms with van der Waals surface area (Å²) in [5, 5.41) is 0.660. The molecule has 0 aromatic carbocycles. The molecule has 0 radical (unpaired) electrons. The largest absolute Gasteiger partial charge is 0.384 e. The van der Waals surface area contributed by atoms with E-state index in [2.05, 4.69) is 9.97 Å². The van der Waals surface area contributed by atoms with Crippen molar-refractivity contribution in [3.63, 3.8) is 0 Å². The van der Waals surface area contributed by atoms with Gasteiger partial charge in [0.15, 0.2) is 5.82 Å². The SMILES string of the molecule is COCc1nc(N)cc(SCCS(C)(=O)=O)n1. The first-order valence-electron chi connectivity index (χ1n) is 4.83. The molecule has 1 aromatic rings. The van der Waals surface area contributed by atoms with E-state index in [1.54, 1.807) is 13.2 Å². The molecule has 1 rings (SSSR count). The van der Waals surface area contributed by atoms with E-state index in [1.807, 2.05) is 0 Å². The minimum Gasteiger partial charge on any atom is -0.384 e. The third-order valence-corrected chi connectivity index (χ3v) is 3.86. The molecular formula is C9H15N3O3S2. The van der Waals surface area contributed by atoms with Gasteiger partial charge in [-0.15, -0.1) is 11.8 Å². The van der Waals surface area contributed by atoms with Crippen LogP contribution < -0.4 is 5.73 Å². The molecule has 96 valence electrons. The molecule has 2 N–H and O–H groups in total. The number of anilines is 1. The van der Waals surface area contributed by atoms with Crippen LogP contribution in [0.4, 0.5) is 5.82 Å². The number of hydrogen-bond acceptors (Lipinski definition) is 7. The second kappa shape index (κ2) is 6.18. The first kappa shape index (κ1) is 14.2. The third kappa shape index (κ3) is 5.85. The number of sulfone groups is 1. The lowest BCUT2D eigenvalue weighted by Gasteiger charge is -2.04. The lowest BCUT2D eigenvalue weighted by atomic mass is 10.5. The highest BCUT2D eigenvalue weighted by Gasteiger charge is 2.06. The van der Waals surface area contributed by atoms with Crippen molar-refractivity contribution < 1.29 is 13.2 Å². The summed E-state index contributed by atoms with van der Waals surface area (Å²) in [6, 6.07) is 1.62. The van der Waals surface area contributed by atoms with Crippen LogP contribution in [0.5, 0.6) is 0 Å². The Hall–Kier alpha value is -0.860. The molecule has 0 aliphatic rings. The Kier molecular flexibility index (Phi) is 5.16. The van der Waals surface area contributed by atoms with Crippen LogP contribution in [0.2, 0.25) is 0 Å². The van der Waals surface area contributed by atoms with Crippen LogP contribution in [0.3, 0.4) is 0 Å². The maximum absolute atomic E-state index is 11.0. The van der Waals surface area contributed by atoms with E-state index in [-0.39, 0.29) is 12.4 Å². The fourth-order valence-corrected chi connectivity index (χ4v) is 3.18. The normalized spacial score (nSPS) is 11.6. The number of aromatic nitrogens is 2. The molecule has 1 heterocycles. The highest BCUT2D eigenvalue weighted by atomic mass is 32.2. The summed E-state index contributed by atoms with van der Waals surface area (Å²) >= 11 is 1.34. The number of rotatable bonds is 6. The van der Waals surface area contributed by atoms with Crippen molar-refractivity contribution in [2.24, 2.45) is 0 Å². The first-order valence-corrected chi connectivity index (χ1v) is 7.88. The fourth-order valence-electron chi connectivity index (χ4n) is 1.06. The van der Waals surface area contributed by atoms with Crippen molar-refractivity contribution in [1.29, 1.82) is 0 Å². The zero-order valence-electron chi connectivity index (χ0n) is 9.71. The molecule has 8 heteroatoms. The predicted octanol–water partition coefficient (Wildman–Crippen LogP) is 0.342. The van der Waals surface area contributed by atoms with Gasteiger partial charge in [-0.2, -0.15) is 0 Å². The molecule has 0 saturated carbocycles. The molecule has 0 spiro atoms. The van der Waals surface area contributed by atoms with Gasteiger partial charge in [0, 0.05) is 25.2 Å². The van der Waals surface area contributed by atoms with Gasteiger partial charge in [-0.05, 0) is 0 Å². The Morgan fingerprint density at radius 1 is 1.47 bits per heavy atom. The van der Waals surface area contributed by atoms with Crippen molar-refractivity contribution in [2.75, 3.05) is 30.6 Å². The van der Waals surface area contributed by atoms with E-state index in [4.69, 9.17) is 10.5 Å². The van der Waals surface area contributed by atoms with Crippen molar-refractivity contribution in [1.82, 2.24) is 9.97 Å². The Bertz CT molecular complexity index is 476. The quantitative estimate of drug-likeness (QED) is 0.591. The van der Waals surface area contributed by atoms with Crippen LogP contribution in [-0.4, -0.2) is 43.3 Å². The van der Waals surface area contributed by atoms with Gasteiger partial charge in [0.05, 0.1) is 5.75 Å². The van der Waals surface area contributed by atoms with Gasteiger partial charge < -0.3 is 10.5 Å². The lowest BCUT2D eigenvalue weighted by molar-refractivity contribution is 0.177. The summed E-state index contributed by atoms with van der Waals surface area (Å²) < 4.78 is 26.8. The molecule has 0 bridgehead atoms. The summed E-state index contributed by atoms with van der Waals surface area (Å²) in [6.07, 6.45) is 1.21. The van der Waals surface area contributed by atoms with Gasteiger partial charge in [0.2, 0.25) is 0 Å². The van der Waals surface area contributed by atoms with E-state index in [1.165, 1.54) is 18.0 Å². The average Bonchev–Trinajstić information content (AvgIpc) is 2.15. The van der Waals surface area contributed by atoms with Crippen LogP contribution in [0.15, 0.2) is 11.1 Å². The monoisotopic (exact) mass is 277 g/mol. The van der Waals surface area contributed by atoms with Crippen LogP contribution in [0, 0.1) is 0 Å². The number of nitrogens with two attached hydrogens (primary N) is 1. The van der Waals surface area contributed by atoms with E-state index in [0.717, 1.165) is 0 Å². The van der Waals surface area contributed by atoms with Gasteiger partial charge in [-0.1, -0.05) is 0 Å². The molecule has 0 aliphatic heterocycles. The molecule has 0 amide bonds. The molecule has 0 fully saturated rings. The van der Waals surface area contributed by atoms with Crippen LogP contribution in [0.1, 0.15) is 5.82 Å². The Balaban J connectivity index is 2.64. The number of methoxy groups -OCH3 is 1. The molecule has 0 saturated heterocycles. The van der Waals surface area contributed by atoms with Crippen molar-refractivity contribution in [3.8, 4) is 0 Å². The van der Waals surface area contributed by atoms with Crippen molar-refractivity contribution in [3.05, 3.63) is 11.9 Å². The van der Waals surface area contributed by atoms with E-state index >= 15 is 0 Å². The van der Waals surface area contributed by atoms with Crippen LogP contribution >= 0.6 is 11.8 Å². The highest BCUT2D eigenvalue weighted by molar-refractivity contribution is 8.00. The topological polar surface area (TPSA) is 95.2 Å². The van der Waals surface area contributed by atoms with Gasteiger partial charge >= 0.3 is 0 Å². The number of nitrogen functional groups attached to an aromatic ring is 1. The summed E-state index contributed by atoms with van der Waals surface area (Å²) in [4.78, 5) is 8.19. The molecule has 0 aliphatic carbocycles. The fraction of sp³-hybridized carbons (Fsp3) is 0.556. The first-order chi connectivity index (χ1) is 7.90. The molecule has 17 heavy (non-hydrogen) atoms. The molecule has 0 atom stereocenters. The van der Waals surface area contributed by atoms with E-state index in [0.29, 0.717) is 22.4 Å². The Morgan fingerprint density at radius 2 is 2.18 bits per heavy atom. The third-order valence-electron chi connectivity index (χ3n) is 1.75. The zero-order valence-corrected chi connectivity index (χ0v) is 11.3. The maximum Gasteiger partial charge on any atom is 0.157 e. The maximum atomic E-state index is 11.0. The van der Waals surface area contributed by atoms with Crippen LogP contribution in [0.25, 0.3) is 0 Å². The second-order valence-corrected chi connectivity index (χ2v) is 6.83. The van der Waals surface area contributed by atoms with Gasteiger partial charge in [-0.25, -0.2) is 18.4 Å². The summed E-state index contributed by atoms with van der Waals surface area (Å²) in [5.41, 5.74) is 5.61. The lowest BCUT2D eigenvalue weighted by Crippen LogP contribution is -2.06. The summed E-state index contributed by atoms with van der Waals surface area (Å²) in [7, 11) is -1.40. The van der Waals surface area contributed by atoms with Crippen LogP contribution in [-0.2, 0) is 21.2 Å². The van der Waals surface area contributed by atoms with Gasteiger partial charge in [0.1, 0.15) is 27.3 Å². The smallest absolute Gasteiger partial charge is 0.157 e. The Morgan fingerprint density at radius 3 is 2.76 bits per heavy atom. The molecule has 1 aromatic heterocycles. The summed E-state index contributed by atoms with van der Waals surface area (Å²) in [6.45, 7) is 0.282. The van der Waals surface area contributed by atoms with Crippen molar-refractivity contribution in [2.45, 2.75) is 11.6 Å². The predicted molar refractivity (Wildman–Crippen MR) is 67.6 cm³/mol. The molecule has 6 nitrogen and oxygen atoms in total. The standard InChI is InChI=1S/C9H15N3O3S2/c1-15-6-8-11-7(10)5-9(12-8)16-3-4-17(2,13)14/h5H,3-4,6H2,1-2H3,(H2,10,11,12). The van der Waals surface area contributed by atoms with Crippen molar-refractivity contribution >= 4 is 27.4 Å². The van der Waals surface area contributed by atoms with Gasteiger partial charge in [-0.3, -0.25) is 0 Å². The minimum absolute atomic E-state index is 0.112. The number of hydrogen-bond donors (Lipinski definition) is 1. The van der Waals surface area contributed by atoms with E-state index < -0.39 is 9.84 Å². The molecule has 0 unspecified atom stereocenters.